The van der Waals surface area contributed by atoms with Crippen molar-refractivity contribution in [3.8, 4) is 0 Å². The molecule has 0 aromatic carbocycles. The Hall–Kier alpha value is -1.01. The van der Waals surface area contributed by atoms with Crippen molar-refractivity contribution in [1.82, 2.24) is 9.36 Å². The molecule has 0 spiro atoms. The van der Waals surface area contributed by atoms with Crippen molar-refractivity contribution in [1.29, 1.82) is 0 Å². The third-order valence-electron chi connectivity index (χ3n) is 1.64. The second-order valence-corrected chi connectivity index (χ2v) is 4.90. The molecule has 1 N–H and O–H groups in total. The summed E-state index contributed by atoms with van der Waals surface area (Å²) >= 11 is 1.16. The lowest BCUT2D eigenvalue weighted by atomic mass is 9.96. The van der Waals surface area contributed by atoms with Gasteiger partial charge in [-0.2, -0.15) is 4.37 Å². The lowest BCUT2D eigenvalue weighted by Gasteiger charge is -2.15. The van der Waals surface area contributed by atoms with E-state index in [0.717, 1.165) is 11.5 Å². The van der Waals surface area contributed by atoms with E-state index in [4.69, 9.17) is 4.74 Å². The molecule has 0 saturated carbocycles. The first-order valence-electron chi connectivity index (χ1n) is 4.56. The van der Waals surface area contributed by atoms with Crippen LogP contribution in [-0.4, -0.2) is 22.4 Å². The van der Waals surface area contributed by atoms with Gasteiger partial charge in [0.05, 0.1) is 0 Å². The molecule has 0 aliphatic rings. The highest BCUT2D eigenvalue weighted by molar-refractivity contribution is 7.09. The maximum absolute atomic E-state index is 11.6. The number of carbonyl (C=O) groups is 1. The molecule has 15 heavy (non-hydrogen) atoms. The molecule has 0 saturated heterocycles. The number of amides is 1. The maximum atomic E-state index is 11.6. The van der Waals surface area contributed by atoms with Crippen molar-refractivity contribution in [2.45, 2.75) is 27.4 Å². The zero-order chi connectivity index (χ0) is 11.5. The van der Waals surface area contributed by atoms with Gasteiger partial charge in [0.15, 0.2) is 5.82 Å². The monoisotopic (exact) mass is 229 g/mol. The van der Waals surface area contributed by atoms with Gasteiger partial charge in [0.25, 0.3) is 0 Å². The molecule has 1 rings (SSSR count). The summed E-state index contributed by atoms with van der Waals surface area (Å²) in [4.78, 5) is 15.7. The fourth-order valence-corrected chi connectivity index (χ4v) is 1.35. The second kappa shape index (κ2) is 4.67. The Morgan fingerprint density at radius 3 is 2.73 bits per heavy atom. The fourth-order valence-electron chi connectivity index (χ4n) is 0.777. The SMILES string of the molecule is COCc1nsc(NC(=O)C(C)(C)C)n1. The smallest absolute Gasteiger partial charge is 0.231 e. The summed E-state index contributed by atoms with van der Waals surface area (Å²) in [6.45, 7) is 5.90. The average molecular weight is 229 g/mol. The van der Waals surface area contributed by atoms with Crippen molar-refractivity contribution in [2.24, 2.45) is 5.41 Å². The van der Waals surface area contributed by atoms with Crippen LogP contribution in [0.5, 0.6) is 0 Å². The molecule has 1 aromatic heterocycles. The largest absolute Gasteiger partial charge is 0.377 e. The van der Waals surface area contributed by atoms with Gasteiger partial charge in [0.2, 0.25) is 11.0 Å². The van der Waals surface area contributed by atoms with Gasteiger partial charge >= 0.3 is 0 Å². The van der Waals surface area contributed by atoms with Gasteiger partial charge < -0.3 is 10.1 Å². The molecule has 6 heteroatoms. The maximum Gasteiger partial charge on any atom is 0.231 e. The van der Waals surface area contributed by atoms with Crippen LogP contribution in [0, 0.1) is 5.41 Å². The standard InChI is InChI=1S/C9H15N3O2S/c1-9(2,3)7(13)11-8-10-6(5-14-4)12-15-8/h5H2,1-4H3,(H,10,11,12,13). The van der Waals surface area contributed by atoms with Gasteiger partial charge in [0, 0.05) is 24.1 Å². The minimum Gasteiger partial charge on any atom is -0.377 e. The fraction of sp³-hybridized carbons (Fsp3) is 0.667. The lowest BCUT2D eigenvalue weighted by molar-refractivity contribution is -0.123. The topological polar surface area (TPSA) is 64.1 Å². The van der Waals surface area contributed by atoms with Crippen LogP contribution in [0.3, 0.4) is 0 Å². The number of methoxy groups -OCH3 is 1. The van der Waals surface area contributed by atoms with E-state index in [9.17, 15) is 4.79 Å². The zero-order valence-electron chi connectivity index (χ0n) is 9.33. The van der Waals surface area contributed by atoms with Gasteiger partial charge in [-0.1, -0.05) is 20.8 Å². The van der Waals surface area contributed by atoms with Gasteiger partial charge in [-0.25, -0.2) is 4.98 Å². The van der Waals surface area contributed by atoms with E-state index in [1.807, 2.05) is 20.8 Å². The van der Waals surface area contributed by atoms with Crippen LogP contribution in [0.2, 0.25) is 0 Å². The number of rotatable bonds is 3. The van der Waals surface area contributed by atoms with Gasteiger partial charge in [-0.3, -0.25) is 4.79 Å². The summed E-state index contributed by atoms with van der Waals surface area (Å²) in [5.74, 6) is 0.523. The predicted octanol–water partition coefficient (Wildman–Crippen LogP) is 1.67. The quantitative estimate of drug-likeness (QED) is 0.856. The number of carbonyl (C=O) groups excluding carboxylic acids is 1. The van der Waals surface area contributed by atoms with Crippen LogP contribution in [0.1, 0.15) is 26.6 Å². The van der Waals surface area contributed by atoms with E-state index in [-0.39, 0.29) is 5.91 Å². The normalized spacial score (nSPS) is 11.5. The van der Waals surface area contributed by atoms with Crippen LogP contribution >= 0.6 is 11.5 Å². The third-order valence-corrected chi connectivity index (χ3v) is 2.31. The first kappa shape index (κ1) is 12.1. The van der Waals surface area contributed by atoms with E-state index >= 15 is 0 Å². The highest BCUT2D eigenvalue weighted by Crippen LogP contribution is 2.18. The van der Waals surface area contributed by atoms with Crippen molar-refractivity contribution >= 4 is 22.6 Å². The minimum atomic E-state index is -0.424. The van der Waals surface area contributed by atoms with Crippen LogP contribution in [-0.2, 0) is 16.1 Å². The average Bonchev–Trinajstić information content (AvgIpc) is 2.51. The molecule has 84 valence electrons. The zero-order valence-corrected chi connectivity index (χ0v) is 10.1. The van der Waals surface area contributed by atoms with Gasteiger partial charge in [-0.05, 0) is 0 Å². The van der Waals surface area contributed by atoms with Crippen molar-refractivity contribution in [3.05, 3.63) is 5.82 Å². The number of nitrogens with zero attached hydrogens (tertiary/aromatic N) is 2. The van der Waals surface area contributed by atoms with Crippen molar-refractivity contribution in [3.63, 3.8) is 0 Å². The number of hydrogen-bond acceptors (Lipinski definition) is 5. The Labute approximate surface area is 93.0 Å². The Bertz CT molecular complexity index is 343. The minimum absolute atomic E-state index is 0.0670. The Balaban J connectivity index is 2.61. The van der Waals surface area contributed by atoms with Crippen LogP contribution in [0.25, 0.3) is 0 Å². The second-order valence-electron chi connectivity index (χ2n) is 4.15. The number of ether oxygens (including phenoxy) is 1. The van der Waals surface area contributed by atoms with Crippen LogP contribution < -0.4 is 5.32 Å². The Kier molecular flexibility index (Phi) is 3.76. The highest BCUT2D eigenvalue weighted by atomic mass is 32.1. The molecule has 0 aliphatic heterocycles. The molecule has 0 unspecified atom stereocenters. The summed E-state index contributed by atoms with van der Waals surface area (Å²) in [5, 5.41) is 3.23. The molecule has 1 aromatic rings. The number of hydrogen-bond donors (Lipinski definition) is 1. The van der Waals surface area contributed by atoms with E-state index in [2.05, 4.69) is 14.7 Å². The highest BCUT2D eigenvalue weighted by Gasteiger charge is 2.22. The molecule has 0 bridgehead atoms. The number of aromatic nitrogens is 2. The summed E-state index contributed by atoms with van der Waals surface area (Å²) in [6.07, 6.45) is 0. The van der Waals surface area contributed by atoms with Crippen LogP contribution in [0.4, 0.5) is 5.13 Å². The number of anilines is 1. The van der Waals surface area contributed by atoms with Crippen LogP contribution in [0.15, 0.2) is 0 Å². The summed E-state index contributed by atoms with van der Waals surface area (Å²) in [6, 6.07) is 0. The first-order chi connectivity index (χ1) is 6.93. The molecule has 0 fully saturated rings. The molecule has 0 radical (unpaired) electrons. The van der Waals surface area contributed by atoms with Gasteiger partial charge in [-0.15, -0.1) is 0 Å². The lowest BCUT2D eigenvalue weighted by Crippen LogP contribution is -2.27. The molecular weight excluding hydrogens is 214 g/mol. The third kappa shape index (κ3) is 3.56. The van der Waals surface area contributed by atoms with Crippen molar-refractivity contribution in [2.75, 3.05) is 12.4 Å². The molecular formula is C9H15N3O2S. The molecule has 0 atom stereocenters. The summed E-state index contributed by atoms with van der Waals surface area (Å²) in [7, 11) is 1.58. The van der Waals surface area contributed by atoms with E-state index in [1.165, 1.54) is 0 Å². The summed E-state index contributed by atoms with van der Waals surface area (Å²) in [5.41, 5.74) is -0.424. The van der Waals surface area contributed by atoms with Crippen molar-refractivity contribution < 1.29 is 9.53 Å². The molecule has 1 heterocycles. The molecule has 1 amide bonds. The predicted molar refractivity (Wildman–Crippen MR) is 58.7 cm³/mol. The summed E-state index contributed by atoms with van der Waals surface area (Å²) < 4.78 is 8.91. The van der Waals surface area contributed by atoms with E-state index in [1.54, 1.807) is 7.11 Å². The number of nitrogens with one attached hydrogen (secondary N) is 1. The van der Waals surface area contributed by atoms with Gasteiger partial charge in [0.1, 0.15) is 6.61 Å². The first-order valence-corrected chi connectivity index (χ1v) is 5.34. The Morgan fingerprint density at radius 2 is 2.20 bits per heavy atom. The van der Waals surface area contributed by atoms with E-state index < -0.39 is 5.41 Å². The molecule has 5 nitrogen and oxygen atoms in total. The Morgan fingerprint density at radius 1 is 1.53 bits per heavy atom. The van der Waals surface area contributed by atoms with E-state index in [0.29, 0.717) is 17.6 Å². The molecule has 0 aliphatic carbocycles.